The number of unbranched alkanes of at least 4 members (excludes halogenated alkanes) is 1. The van der Waals surface area contributed by atoms with Gasteiger partial charge in [-0.3, -0.25) is 9.69 Å². The lowest BCUT2D eigenvalue weighted by Crippen LogP contribution is -2.53. The maximum atomic E-state index is 12.7. The van der Waals surface area contributed by atoms with Crippen LogP contribution in [0.1, 0.15) is 30.1 Å². The van der Waals surface area contributed by atoms with E-state index in [-0.39, 0.29) is 11.9 Å². The predicted octanol–water partition coefficient (Wildman–Crippen LogP) is 1.65. The predicted molar refractivity (Wildman–Crippen MR) is 116 cm³/mol. The Hall–Kier alpha value is -2.65. The van der Waals surface area contributed by atoms with Crippen molar-refractivity contribution in [2.24, 2.45) is 0 Å². The van der Waals surface area contributed by atoms with Gasteiger partial charge in [0, 0.05) is 39.3 Å². The van der Waals surface area contributed by atoms with E-state index in [0.29, 0.717) is 76.9 Å². The number of nitrogens with zero attached hydrogens (tertiary/aromatic N) is 3. The Morgan fingerprint density at radius 3 is 2.42 bits per heavy atom. The van der Waals surface area contributed by atoms with Crippen LogP contribution in [0.25, 0.3) is 0 Å². The first kappa shape index (κ1) is 23.0. The third kappa shape index (κ3) is 6.67. The van der Waals surface area contributed by atoms with Crippen LogP contribution in [0.5, 0.6) is 0 Å². The van der Waals surface area contributed by atoms with Crippen LogP contribution >= 0.6 is 0 Å². The fourth-order valence-corrected chi connectivity index (χ4v) is 3.56. The van der Waals surface area contributed by atoms with Crippen molar-refractivity contribution >= 4 is 23.6 Å². The molecule has 3 amide bonds. The SMILES string of the molecule is CCCCOC(=O)c1ccccc1NC(=O)N1CCN(CC(=O)N2CCOCC2)CC1. The van der Waals surface area contributed by atoms with Crippen molar-refractivity contribution in [3.63, 3.8) is 0 Å². The van der Waals surface area contributed by atoms with Crippen LogP contribution in [-0.2, 0) is 14.3 Å². The Kier molecular flexibility index (Phi) is 8.66. The van der Waals surface area contributed by atoms with Gasteiger partial charge in [0.15, 0.2) is 0 Å². The zero-order chi connectivity index (χ0) is 22.1. The number of esters is 1. The molecule has 170 valence electrons. The summed E-state index contributed by atoms with van der Waals surface area (Å²) in [4.78, 5) is 43.1. The Morgan fingerprint density at radius 1 is 1.00 bits per heavy atom. The molecule has 1 aromatic carbocycles. The smallest absolute Gasteiger partial charge is 0.340 e. The summed E-state index contributed by atoms with van der Waals surface area (Å²) in [7, 11) is 0. The minimum Gasteiger partial charge on any atom is -0.462 e. The van der Waals surface area contributed by atoms with E-state index in [1.165, 1.54) is 0 Å². The quantitative estimate of drug-likeness (QED) is 0.520. The lowest BCUT2D eigenvalue weighted by molar-refractivity contribution is -0.136. The first-order valence-corrected chi connectivity index (χ1v) is 11.0. The number of carbonyl (C=O) groups is 3. The van der Waals surface area contributed by atoms with E-state index < -0.39 is 5.97 Å². The molecule has 2 heterocycles. The van der Waals surface area contributed by atoms with Crippen molar-refractivity contribution in [1.82, 2.24) is 14.7 Å². The molecule has 0 bridgehead atoms. The summed E-state index contributed by atoms with van der Waals surface area (Å²) in [6, 6.07) is 6.61. The summed E-state index contributed by atoms with van der Waals surface area (Å²) < 4.78 is 10.6. The fraction of sp³-hybridized carbons (Fsp3) is 0.591. The van der Waals surface area contributed by atoms with Crippen molar-refractivity contribution in [2.75, 3.05) is 71.0 Å². The average Bonchev–Trinajstić information content (AvgIpc) is 2.80. The number of carbonyl (C=O) groups excluding carboxylic acids is 3. The van der Waals surface area contributed by atoms with Crippen molar-refractivity contribution in [1.29, 1.82) is 0 Å². The molecule has 2 fully saturated rings. The number of para-hydroxylation sites is 1. The Balaban J connectivity index is 1.48. The van der Waals surface area contributed by atoms with Gasteiger partial charge in [-0.15, -0.1) is 0 Å². The minimum absolute atomic E-state index is 0.108. The summed E-state index contributed by atoms with van der Waals surface area (Å²) in [5.74, 6) is -0.326. The van der Waals surface area contributed by atoms with Crippen LogP contribution in [0.15, 0.2) is 24.3 Å². The maximum Gasteiger partial charge on any atom is 0.340 e. The lowest BCUT2D eigenvalue weighted by atomic mass is 10.2. The number of piperazine rings is 1. The van der Waals surface area contributed by atoms with Gasteiger partial charge in [0.25, 0.3) is 0 Å². The molecule has 0 radical (unpaired) electrons. The van der Waals surface area contributed by atoms with Crippen molar-refractivity contribution in [3.05, 3.63) is 29.8 Å². The molecule has 1 aromatic rings. The van der Waals surface area contributed by atoms with Gasteiger partial charge in [-0.05, 0) is 18.6 Å². The molecule has 9 heteroatoms. The molecule has 2 saturated heterocycles. The number of hydrogen-bond donors (Lipinski definition) is 1. The maximum absolute atomic E-state index is 12.7. The molecular weight excluding hydrogens is 400 g/mol. The Labute approximate surface area is 183 Å². The van der Waals surface area contributed by atoms with E-state index in [1.54, 1.807) is 29.2 Å². The highest BCUT2D eigenvalue weighted by molar-refractivity contribution is 6.00. The van der Waals surface area contributed by atoms with Crippen molar-refractivity contribution < 1.29 is 23.9 Å². The van der Waals surface area contributed by atoms with E-state index in [0.717, 1.165) is 12.8 Å². The topological polar surface area (TPSA) is 91.4 Å². The molecule has 0 aliphatic carbocycles. The van der Waals surface area contributed by atoms with Gasteiger partial charge >= 0.3 is 12.0 Å². The number of hydrogen-bond acceptors (Lipinski definition) is 6. The summed E-state index contributed by atoms with van der Waals surface area (Å²) in [5, 5.41) is 2.84. The van der Waals surface area contributed by atoms with Gasteiger partial charge in [0.1, 0.15) is 0 Å². The zero-order valence-corrected chi connectivity index (χ0v) is 18.2. The summed E-state index contributed by atoms with van der Waals surface area (Å²) >= 11 is 0. The first-order chi connectivity index (χ1) is 15.1. The number of nitrogens with one attached hydrogen (secondary N) is 1. The Morgan fingerprint density at radius 2 is 1.71 bits per heavy atom. The number of rotatable bonds is 7. The van der Waals surface area contributed by atoms with E-state index >= 15 is 0 Å². The highest BCUT2D eigenvalue weighted by Gasteiger charge is 2.25. The van der Waals surface area contributed by atoms with Gasteiger partial charge in [-0.1, -0.05) is 25.5 Å². The van der Waals surface area contributed by atoms with Crippen LogP contribution in [-0.4, -0.2) is 98.2 Å². The third-order valence-electron chi connectivity index (χ3n) is 5.50. The highest BCUT2D eigenvalue weighted by Crippen LogP contribution is 2.18. The number of ether oxygens (including phenoxy) is 2. The number of urea groups is 1. The summed E-state index contributed by atoms with van der Waals surface area (Å²) in [5.41, 5.74) is 0.792. The lowest BCUT2D eigenvalue weighted by Gasteiger charge is -2.36. The molecule has 1 N–H and O–H groups in total. The second-order valence-corrected chi connectivity index (χ2v) is 7.72. The van der Waals surface area contributed by atoms with Gasteiger partial charge in [-0.2, -0.15) is 0 Å². The number of amides is 3. The van der Waals surface area contributed by atoms with E-state index in [4.69, 9.17) is 9.47 Å². The van der Waals surface area contributed by atoms with Gasteiger partial charge in [-0.25, -0.2) is 9.59 Å². The van der Waals surface area contributed by atoms with Crippen LogP contribution < -0.4 is 5.32 Å². The summed E-state index contributed by atoms with van der Waals surface area (Å²) in [6.07, 6.45) is 1.74. The molecule has 0 saturated carbocycles. The van der Waals surface area contributed by atoms with Crippen LogP contribution in [0.2, 0.25) is 0 Å². The van der Waals surface area contributed by atoms with Crippen LogP contribution in [0, 0.1) is 0 Å². The van der Waals surface area contributed by atoms with Gasteiger partial charge in [0.05, 0.1) is 37.6 Å². The molecule has 2 aliphatic rings. The third-order valence-corrected chi connectivity index (χ3v) is 5.50. The monoisotopic (exact) mass is 432 g/mol. The minimum atomic E-state index is -0.434. The molecule has 0 aromatic heterocycles. The largest absolute Gasteiger partial charge is 0.462 e. The number of benzene rings is 1. The van der Waals surface area contributed by atoms with E-state index in [2.05, 4.69) is 10.2 Å². The Bertz CT molecular complexity index is 758. The molecule has 0 atom stereocenters. The molecule has 31 heavy (non-hydrogen) atoms. The van der Waals surface area contributed by atoms with Gasteiger partial charge in [0.2, 0.25) is 5.91 Å². The van der Waals surface area contributed by atoms with Crippen LogP contribution in [0.4, 0.5) is 10.5 Å². The van der Waals surface area contributed by atoms with Crippen molar-refractivity contribution in [3.8, 4) is 0 Å². The number of morpholine rings is 1. The molecular formula is C22H32N4O5. The second kappa shape index (κ2) is 11.7. The second-order valence-electron chi connectivity index (χ2n) is 7.72. The number of anilines is 1. The highest BCUT2D eigenvalue weighted by atomic mass is 16.5. The molecule has 2 aliphatic heterocycles. The first-order valence-electron chi connectivity index (χ1n) is 11.0. The summed E-state index contributed by atoms with van der Waals surface area (Å²) in [6.45, 7) is 7.51. The zero-order valence-electron chi connectivity index (χ0n) is 18.2. The van der Waals surface area contributed by atoms with Gasteiger partial charge < -0.3 is 24.6 Å². The van der Waals surface area contributed by atoms with Crippen LogP contribution in [0.3, 0.4) is 0 Å². The normalized spacial score (nSPS) is 17.3. The molecule has 0 spiro atoms. The fourth-order valence-electron chi connectivity index (χ4n) is 3.56. The molecule has 3 rings (SSSR count). The van der Waals surface area contributed by atoms with E-state index in [1.807, 2.05) is 11.8 Å². The van der Waals surface area contributed by atoms with E-state index in [9.17, 15) is 14.4 Å². The van der Waals surface area contributed by atoms with Crippen molar-refractivity contribution in [2.45, 2.75) is 19.8 Å². The standard InChI is InChI=1S/C22H32N4O5/c1-2-3-14-31-21(28)18-6-4-5-7-19(18)23-22(29)26-10-8-24(9-11-26)17-20(27)25-12-15-30-16-13-25/h4-7H,2-3,8-17H2,1H3,(H,23,29). The molecule has 9 nitrogen and oxygen atoms in total. The average molecular weight is 433 g/mol. The molecule has 0 unspecified atom stereocenters.